The standard InChI is InChI=1S/C21H34N2O2/c1-15(11-12-19-10-7-13-25-19)22-21(24)20-14-16(2)23(17(20)3)18-8-5-4-6-9-18/h14-15,18-19H,4-13H2,1-3H3,(H,22,24). The average molecular weight is 347 g/mol. The molecule has 25 heavy (non-hydrogen) atoms. The van der Waals surface area contributed by atoms with Crippen LogP contribution in [-0.4, -0.2) is 29.2 Å². The van der Waals surface area contributed by atoms with Gasteiger partial charge in [0.05, 0.1) is 11.7 Å². The number of carbonyl (C=O) groups is 1. The van der Waals surface area contributed by atoms with Gasteiger partial charge in [0.15, 0.2) is 0 Å². The average Bonchev–Trinajstić information content (AvgIpc) is 3.21. The first-order chi connectivity index (χ1) is 12.1. The fraction of sp³-hybridized carbons (Fsp3) is 0.762. The Balaban J connectivity index is 1.59. The summed E-state index contributed by atoms with van der Waals surface area (Å²) < 4.78 is 8.09. The van der Waals surface area contributed by atoms with Gasteiger partial charge in [0.2, 0.25) is 0 Å². The third kappa shape index (κ3) is 4.46. The summed E-state index contributed by atoms with van der Waals surface area (Å²) in [7, 11) is 0. The highest BCUT2D eigenvalue weighted by molar-refractivity contribution is 5.95. The van der Waals surface area contributed by atoms with E-state index >= 15 is 0 Å². The largest absolute Gasteiger partial charge is 0.378 e. The van der Waals surface area contributed by atoms with E-state index in [9.17, 15) is 4.79 Å². The minimum absolute atomic E-state index is 0.0787. The third-order valence-electron chi connectivity index (χ3n) is 5.99. The highest BCUT2D eigenvalue weighted by Crippen LogP contribution is 2.32. The molecule has 1 aliphatic heterocycles. The van der Waals surface area contributed by atoms with Gasteiger partial charge < -0.3 is 14.6 Å². The molecule has 1 aliphatic carbocycles. The lowest BCUT2D eigenvalue weighted by Crippen LogP contribution is -2.33. The summed E-state index contributed by atoms with van der Waals surface area (Å²) in [6.07, 6.45) is 11.2. The zero-order valence-corrected chi connectivity index (χ0v) is 16.1. The Kier molecular flexibility index (Phi) is 6.21. The van der Waals surface area contributed by atoms with Crippen LogP contribution in [0, 0.1) is 13.8 Å². The Morgan fingerprint density at radius 2 is 2.00 bits per heavy atom. The van der Waals surface area contributed by atoms with Gasteiger partial charge in [-0.05, 0) is 65.4 Å². The van der Waals surface area contributed by atoms with Gasteiger partial charge in [-0.3, -0.25) is 4.79 Å². The zero-order chi connectivity index (χ0) is 17.8. The molecule has 4 nitrogen and oxygen atoms in total. The summed E-state index contributed by atoms with van der Waals surface area (Å²) in [6.45, 7) is 7.25. The van der Waals surface area contributed by atoms with Crippen LogP contribution < -0.4 is 5.32 Å². The molecule has 1 saturated heterocycles. The van der Waals surface area contributed by atoms with Crippen molar-refractivity contribution < 1.29 is 9.53 Å². The Bertz CT molecular complexity index is 581. The number of ether oxygens (including phenoxy) is 1. The lowest BCUT2D eigenvalue weighted by atomic mass is 9.95. The molecule has 4 heteroatoms. The molecule has 0 spiro atoms. The summed E-state index contributed by atoms with van der Waals surface area (Å²) in [4.78, 5) is 12.8. The summed E-state index contributed by atoms with van der Waals surface area (Å²) in [5.41, 5.74) is 3.21. The Hall–Kier alpha value is -1.29. The highest BCUT2D eigenvalue weighted by Gasteiger charge is 2.23. The first kappa shape index (κ1) is 18.5. The molecule has 3 rings (SSSR count). The van der Waals surface area contributed by atoms with Crippen molar-refractivity contribution in [1.82, 2.24) is 9.88 Å². The second-order valence-corrected chi connectivity index (χ2v) is 8.03. The lowest BCUT2D eigenvalue weighted by Gasteiger charge is -2.26. The summed E-state index contributed by atoms with van der Waals surface area (Å²) in [5.74, 6) is 0.0787. The van der Waals surface area contributed by atoms with E-state index in [4.69, 9.17) is 4.74 Å². The lowest BCUT2D eigenvalue weighted by molar-refractivity contribution is 0.0898. The van der Waals surface area contributed by atoms with Gasteiger partial charge in [-0.1, -0.05) is 19.3 Å². The monoisotopic (exact) mass is 346 g/mol. The molecule has 2 fully saturated rings. The predicted octanol–water partition coefficient (Wildman–Crippen LogP) is 4.69. The zero-order valence-electron chi connectivity index (χ0n) is 16.1. The Labute approximate surface area is 152 Å². The van der Waals surface area contributed by atoms with Crippen LogP contribution in [0.2, 0.25) is 0 Å². The summed E-state index contributed by atoms with van der Waals surface area (Å²) >= 11 is 0. The molecule has 0 aromatic carbocycles. The number of rotatable bonds is 6. The van der Waals surface area contributed by atoms with Crippen LogP contribution in [0.1, 0.15) is 92.5 Å². The van der Waals surface area contributed by atoms with Gasteiger partial charge in [0.25, 0.3) is 5.91 Å². The van der Waals surface area contributed by atoms with E-state index in [1.54, 1.807) is 0 Å². The molecule has 140 valence electrons. The first-order valence-electron chi connectivity index (χ1n) is 10.2. The molecule has 2 atom stereocenters. The van der Waals surface area contributed by atoms with Crippen LogP contribution in [0.4, 0.5) is 0 Å². The van der Waals surface area contributed by atoms with Gasteiger partial charge in [0, 0.05) is 30.1 Å². The summed E-state index contributed by atoms with van der Waals surface area (Å²) in [5, 5.41) is 3.20. The Morgan fingerprint density at radius 1 is 1.24 bits per heavy atom. The van der Waals surface area contributed by atoms with Crippen molar-refractivity contribution in [1.29, 1.82) is 0 Å². The van der Waals surface area contributed by atoms with Gasteiger partial charge in [0.1, 0.15) is 0 Å². The minimum Gasteiger partial charge on any atom is -0.378 e. The number of amides is 1. The van der Waals surface area contributed by atoms with Crippen molar-refractivity contribution in [3.05, 3.63) is 23.0 Å². The molecule has 2 aliphatic rings. The summed E-state index contributed by atoms with van der Waals surface area (Å²) in [6, 6.07) is 2.84. The fourth-order valence-electron chi connectivity index (χ4n) is 4.59. The molecule has 0 radical (unpaired) electrons. The van der Waals surface area contributed by atoms with Crippen LogP contribution >= 0.6 is 0 Å². The number of nitrogens with one attached hydrogen (secondary N) is 1. The third-order valence-corrected chi connectivity index (χ3v) is 5.99. The quantitative estimate of drug-likeness (QED) is 0.812. The van der Waals surface area contributed by atoms with Crippen molar-refractivity contribution >= 4 is 5.91 Å². The highest BCUT2D eigenvalue weighted by atomic mass is 16.5. The maximum Gasteiger partial charge on any atom is 0.253 e. The second kappa shape index (κ2) is 8.39. The van der Waals surface area contributed by atoms with E-state index in [0.29, 0.717) is 12.1 Å². The number of hydrogen-bond acceptors (Lipinski definition) is 2. The number of aromatic nitrogens is 1. The van der Waals surface area contributed by atoms with E-state index in [1.165, 1.54) is 50.6 Å². The van der Waals surface area contributed by atoms with Gasteiger partial charge in [-0.25, -0.2) is 0 Å². The SMILES string of the molecule is Cc1cc(C(=O)NC(C)CCC2CCCO2)c(C)n1C1CCCCC1. The molecular weight excluding hydrogens is 312 g/mol. The second-order valence-electron chi connectivity index (χ2n) is 8.03. The van der Waals surface area contributed by atoms with Gasteiger partial charge >= 0.3 is 0 Å². The molecular formula is C21H34N2O2. The molecule has 2 heterocycles. The number of nitrogens with zero attached hydrogens (tertiary/aromatic N) is 1. The number of hydrogen-bond donors (Lipinski definition) is 1. The molecule has 1 aromatic rings. The minimum atomic E-state index is 0.0787. The van der Waals surface area contributed by atoms with Crippen LogP contribution in [0.3, 0.4) is 0 Å². The molecule has 1 saturated carbocycles. The first-order valence-corrected chi connectivity index (χ1v) is 10.2. The van der Waals surface area contributed by atoms with E-state index in [-0.39, 0.29) is 11.9 Å². The fourth-order valence-corrected chi connectivity index (χ4v) is 4.59. The van der Waals surface area contributed by atoms with Gasteiger partial charge in [-0.15, -0.1) is 0 Å². The van der Waals surface area contributed by atoms with E-state index < -0.39 is 0 Å². The van der Waals surface area contributed by atoms with Crippen molar-refractivity contribution in [3.8, 4) is 0 Å². The molecule has 1 aromatic heterocycles. The predicted molar refractivity (Wildman–Crippen MR) is 101 cm³/mol. The molecule has 2 unspecified atom stereocenters. The van der Waals surface area contributed by atoms with Gasteiger partial charge in [-0.2, -0.15) is 0 Å². The maximum atomic E-state index is 12.8. The van der Waals surface area contributed by atoms with E-state index in [1.807, 2.05) is 0 Å². The molecule has 1 N–H and O–H groups in total. The van der Waals surface area contributed by atoms with Crippen molar-refractivity contribution in [2.45, 2.75) is 96.7 Å². The maximum absolute atomic E-state index is 12.8. The van der Waals surface area contributed by atoms with E-state index in [2.05, 4.69) is 36.7 Å². The number of aryl methyl sites for hydroxylation is 1. The topological polar surface area (TPSA) is 43.3 Å². The van der Waals surface area contributed by atoms with Crippen LogP contribution in [-0.2, 0) is 4.74 Å². The van der Waals surface area contributed by atoms with E-state index in [0.717, 1.165) is 30.7 Å². The Morgan fingerprint density at radius 3 is 2.68 bits per heavy atom. The van der Waals surface area contributed by atoms with Crippen molar-refractivity contribution in [2.75, 3.05) is 6.61 Å². The van der Waals surface area contributed by atoms with Crippen molar-refractivity contribution in [2.24, 2.45) is 0 Å². The van der Waals surface area contributed by atoms with Crippen LogP contribution in [0.25, 0.3) is 0 Å². The molecule has 1 amide bonds. The smallest absolute Gasteiger partial charge is 0.253 e. The van der Waals surface area contributed by atoms with Crippen LogP contribution in [0.5, 0.6) is 0 Å². The van der Waals surface area contributed by atoms with Crippen molar-refractivity contribution in [3.63, 3.8) is 0 Å². The van der Waals surface area contributed by atoms with Crippen LogP contribution in [0.15, 0.2) is 6.07 Å². The molecule has 0 bridgehead atoms. The normalized spacial score (nSPS) is 22.9. The number of carbonyl (C=O) groups excluding carboxylic acids is 1.